The van der Waals surface area contributed by atoms with Crippen molar-refractivity contribution in [1.82, 2.24) is 0 Å². The van der Waals surface area contributed by atoms with Gasteiger partial charge < -0.3 is 5.11 Å². The lowest BCUT2D eigenvalue weighted by Gasteiger charge is -2.04. The fraction of sp³-hybridized carbons (Fsp3) is 0. The van der Waals surface area contributed by atoms with Crippen LogP contribution in [0.15, 0.2) is 52.0 Å². The van der Waals surface area contributed by atoms with Crippen molar-refractivity contribution < 1.29 is 5.11 Å². The van der Waals surface area contributed by atoms with Gasteiger partial charge in [-0.25, -0.2) is 0 Å². The lowest BCUT2D eigenvalue weighted by atomic mass is 10.2. The number of phenolic OH excluding ortho intramolecular Hbond substituents is 1. The number of nitrogens with zero attached hydrogens (tertiary/aromatic N) is 1. The second kappa shape index (κ2) is 5.89. The van der Waals surface area contributed by atoms with Crippen LogP contribution in [0.2, 0.25) is 5.02 Å². The zero-order valence-corrected chi connectivity index (χ0v) is 11.6. The summed E-state index contributed by atoms with van der Waals surface area (Å²) in [5.74, 6) is 0.116. The van der Waals surface area contributed by atoms with E-state index in [2.05, 4.69) is 26.5 Å². The van der Waals surface area contributed by atoms with E-state index in [1.807, 2.05) is 30.3 Å². The van der Waals surface area contributed by atoms with Crippen LogP contribution < -0.4 is 5.43 Å². The number of phenols is 1. The summed E-state index contributed by atoms with van der Waals surface area (Å²) in [6.45, 7) is 0. The molecule has 92 valence electrons. The van der Waals surface area contributed by atoms with E-state index in [9.17, 15) is 5.11 Å². The molecule has 0 atom stereocenters. The van der Waals surface area contributed by atoms with Gasteiger partial charge in [-0.3, -0.25) is 5.43 Å². The van der Waals surface area contributed by atoms with E-state index in [4.69, 9.17) is 11.6 Å². The second-order valence-corrected chi connectivity index (χ2v) is 4.73. The number of para-hydroxylation sites is 1. The lowest BCUT2D eigenvalue weighted by Crippen LogP contribution is -1.92. The Labute approximate surface area is 118 Å². The van der Waals surface area contributed by atoms with Crippen LogP contribution in [-0.2, 0) is 0 Å². The van der Waals surface area contributed by atoms with E-state index in [-0.39, 0.29) is 5.75 Å². The number of nitrogens with one attached hydrogen (secondary N) is 1. The minimum atomic E-state index is 0.116. The third-order valence-corrected chi connectivity index (χ3v) is 3.67. The average Bonchev–Trinajstić information content (AvgIpc) is 2.39. The molecule has 0 amide bonds. The van der Waals surface area contributed by atoms with Crippen LogP contribution in [0, 0.1) is 0 Å². The standard InChI is InChI=1S/C13H10BrClN2O/c14-13-10(12(18)7-6-11(13)15)8-16-17-9-4-2-1-3-5-9/h1-8,17-18H. The predicted octanol–water partition coefficient (Wildman–Crippen LogP) is 4.25. The highest BCUT2D eigenvalue weighted by molar-refractivity contribution is 9.10. The zero-order chi connectivity index (χ0) is 13.0. The summed E-state index contributed by atoms with van der Waals surface area (Å²) in [6, 6.07) is 12.7. The van der Waals surface area contributed by atoms with E-state index in [1.54, 1.807) is 6.07 Å². The van der Waals surface area contributed by atoms with Gasteiger partial charge in [0.25, 0.3) is 0 Å². The van der Waals surface area contributed by atoms with Crippen molar-refractivity contribution in [3.05, 3.63) is 57.5 Å². The quantitative estimate of drug-likeness (QED) is 0.654. The first kappa shape index (κ1) is 12.9. The molecule has 2 N–H and O–H groups in total. The number of aromatic hydroxyl groups is 1. The van der Waals surface area contributed by atoms with Gasteiger partial charge in [-0.15, -0.1) is 0 Å². The van der Waals surface area contributed by atoms with Crippen molar-refractivity contribution in [2.24, 2.45) is 5.10 Å². The molecule has 0 unspecified atom stereocenters. The lowest BCUT2D eigenvalue weighted by molar-refractivity contribution is 0.474. The van der Waals surface area contributed by atoms with E-state index in [0.717, 1.165) is 5.69 Å². The van der Waals surface area contributed by atoms with E-state index in [0.29, 0.717) is 15.1 Å². The van der Waals surface area contributed by atoms with Gasteiger partial charge in [0.1, 0.15) is 5.75 Å². The molecule has 0 saturated carbocycles. The monoisotopic (exact) mass is 324 g/mol. The third kappa shape index (κ3) is 3.03. The fourth-order valence-corrected chi connectivity index (χ4v) is 1.97. The number of hydrogen-bond acceptors (Lipinski definition) is 3. The van der Waals surface area contributed by atoms with Crippen molar-refractivity contribution >= 4 is 39.4 Å². The largest absolute Gasteiger partial charge is 0.507 e. The topological polar surface area (TPSA) is 44.6 Å². The highest BCUT2D eigenvalue weighted by Crippen LogP contribution is 2.31. The number of hydrazone groups is 1. The second-order valence-electron chi connectivity index (χ2n) is 3.53. The van der Waals surface area contributed by atoms with Crippen molar-refractivity contribution in [1.29, 1.82) is 0 Å². The summed E-state index contributed by atoms with van der Waals surface area (Å²) in [7, 11) is 0. The Morgan fingerprint density at radius 3 is 2.61 bits per heavy atom. The van der Waals surface area contributed by atoms with Gasteiger partial charge in [-0.2, -0.15) is 5.10 Å². The molecule has 5 heteroatoms. The minimum Gasteiger partial charge on any atom is -0.507 e. The smallest absolute Gasteiger partial charge is 0.125 e. The molecule has 0 bridgehead atoms. The first-order valence-electron chi connectivity index (χ1n) is 5.19. The highest BCUT2D eigenvalue weighted by atomic mass is 79.9. The molecule has 0 aliphatic rings. The van der Waals surface area contributed by atoms with Crippen molar-refractivity contribution in [3.8, 4) is 5.75 Å². The molecule has 0 fully saturated rings. The summed E-state index contributed by atoms with van der Waals surface area (Å²) in [5.41, 5.74) is 4.26. The van der Waals surface area contributed by atoms with Crippen LogP contribution in [0.5, 0.6) is 5.75 Å². The Kier molecular flexibility index (Phi) is 4.23. The average molecular weight is 326 g/mol. The molecule has 2 aromatic carbocycles. The van der Waals surface area contributed by atoms with Gasteiger partial charge in [-0.1, -0.05) is 29.8 Å². The molecule has 2 aromatic rings. The van der Waals surface area contributed by atoms with Crippen LogP contribution in [0.25, 0.3) is 0 Å². The molecule has 0 spiro atoms. The SMILES string of the molecule is Oc1ccc(Cl)c(Br)c1C=NNc1ccccc1. The Balaban J connectivity index is 2.17. The Hall–Kier alpha value is -1.52. The predicted molar refractivity (Wildman–Crippen MR) is 78.5 cm³/mol. The maximum Gasteiger partial charge on any atom is 0.125 e. The molecule has 0 aliphatic carbocycles. The van der Waals surface area contributed by atoms with Crippen LogP contribution in [0.3, 0.4) is 0 Å². The molecule has 0 heterocycles. The summed E-state index contributed by atoms with van der Waals surface area (Å²) in [4.78, 5) is 0. The van der Waals surface area contributed by atoms with Crippen LogP contribution in [0.1, 0.15) is 5.56 Å². The molecule has 0 saturated heterocycles. The number of hydrogen-bond donors (Lipinski definition) is 2. The molecular weight excluding hydrogens is 316 g/mol. The maximum absolute atomic E-state index is 9.71. The number of benzene rings is 2. The van der Waals surface area contributed by atoms with E-state index < -0.39 is 0 Å². The first-order chi connectivity index (χ1) is 8.68. The van der Waals surface area contributed by atoms with Crippen LogP contribution in [0.4, 0.5) is 5.69 Å². The van der Waals surface area contributed by atoms with Gasteiger partial charge in [0.2, 0.25) is 0 Å². The number of halogens is 2. The molecule has 0 radical (unpaired) electrons. The molecule has 0 aromatic heterocycles. The van der Waals surface area contributed by atoms with Crippen molar-refractivity contribution in [2.45, 2.75) is 0 Å². The summed E-state index contributed by atoms with van der Waals surface area (Å²) in [6.07, 6.45) is 1.51. The summed E-state index contributed by atoms with van der Waals surface area (Å²) >= 11 is 9.25. The maximum atomic E-state index is 9.71. The van der Waals surface area contributed by atoms with Gasteiger partial charge in [0, 0.05) is 4.47 Å². The normalized spacial score (nSPS) is 10.8. The van der Waals surface area contributed by atoms with Gasteiger partial charge in [-0.05, 0) is 40.2 Å². The Bertz CT molecular complexity index is 573. The number of rotatable bonds is 3. The molecule has 2 rings (SSSR count). The highest BCUT2D eigenvalue weighted by Gasteiger charge is 2.07. The van der Waals surface area contributed by atoms with E-state index >= 15 is 0 Å². The van der Waals surface area contributed by atoms with Gasteiger partial charge in [0.15, 0.2) is 0 Å². The zero-order valence-electron chi connectivity index (χ0n) is 9.27. The molecular formula is C13H10BrClN2O. The summed E-state index contributed by atoms with van der Waals surface area (Å²) in [5, 5.41) is 14.3. The van der Waals surface area contributed by atoms with E-state index in [1.165, 1.54) is 12.3 Å². The van der Waals surface area contributed by atoms with Crippen LogP contribution >= 0.6 is 27.5 Å². The van der Waals surface area contributed by atoms with Gasteiger partial charge in [0.05, 0.1) is 22.5 Å². The molecule has 0 aliphatic heterocycles. The summed E-state index contributed by atoms with van der Waals surface area (Å²) < 4.78 is 0.614. The Morgan fingerprint density at radius 2 is 1.89 bits per heavy atom. The Morgan fingerprint density at radius 1 is 1.17 bits per heavy atom. The van der Waals surface area contributed by atoms with Crippen molar-refractivity contribution in [2.75, 3.05) is 5.43 Å². The van der Waals surface area contributed by atoms with Crippen LogP contribution in [-0.4, -0.2) is 11.3 Å². The van der Waals surface area contributed by atoms with Crippen molar-refractivity contribution in [3.63, 3.8) is 0 Å². The molecule has 3 nitrogen and oxygen atoms in total. The fourth-order valence-electron chi connectivity index (χ4n) is 1.36. The van der Waals surface area contributed by atoms with Gasteiger partial charge >= 0.3 is 0 Å². The third-order valence-electron chi connectivity index (χ3n) is 2.27. The molecule has 18 heavy (non-hydrogen) atoms. The first-order valence-corrected chi connectivity index (χ1v) is 6.36. The number of anilines is 1. The minimum absolute atomic E-state index is 0.116.